The maximum atomic E-state index is 13.3. The van der Waals surface area contributed by atoms with Crippen molar-refractivity contribution in [2.24, 2.45) is 0 Å². The Morgan fingerprint density at radius 3 is 2.28 bits per heavy atom. The van der Waals surface area contributed by atoms with E-state index in [0.717, 1.165) is 18.2 Å². The highest BCUT2D eigenvalue weighted by Crippen LogP contribution is 2.22. The Bertz CT molecular complexity index is 552. The predicted octanol–water partition coefficient (Wildman–Crippen LogP) is 4.37. The maximum absolute atomic E-state index is 13.3. The molecule has 0 bridgehead atoms. The lowest BCUT2D eigenvalue weighted by atomic mass is 10.2. The molecule has 0 heterocycles. The van der Waals surface area contributed by atoms with Gasteiger partial charge in [0.1, 0.15) is 23.1 Å². The highest BCUT2D eigenvalue weighted by atomic mass is 35.5. The molecule has 2 rings (SSSR count). The van der Waals surface area contributed by atoms with E-state index in [1.165, 1.54) is 18.2 Å². The summed E-state index contributed by atoms with van der Waals surface area (Å²) >= 11 is 5.81. The number of para-hydroxylation sites is 1. The molecule has 1 nitrogen and oxygen atoms in total. The van der Waals surface area contributed by atoms with Crippen molar-refractivity contribution >= 4 is 17.3 Å². The molecule has 0 atom stereocenters. The van der Waals surface area contributed by atoms with Crippen LogP contribution in [0.4, 0.5) is 18.9 Å². The second-order valence-electron chi connectivity index (χ2n) is 3.69. The molecule has 0 fully saturated rings. The van der Waals surface area contributed by atoms with Crippen LogP contribution in [-0.4, -0.2) is 0 Å². The quantitative estimate of drug-likeness (QED) is 0.874. The highest BCUT2D eigenvalue weighted by Gasteiger charge is 2.08. The van der Waals surface area contributed by atoms with Crippen molar-refractivity contribution in [3.8, 4) is 0 Å². The van der Waals surface area contributed by atoms with Crippen LogP contribution in [0.2, 0.25) is 5.02 Å². The lowest BCUT2D eigenvalue weighted by Crippen LogP contribution is -2.04. The molecule has 0 spiro atoms. The van der Waals surface area contributed by atoms with Crippen LogP contribution >= 0.6 is 11.6 Å². The van der Waals surface area contributed by atoms with Gasteiger partial charge >= 0.3 is 0 Å². The van der Waals surface area contributed by atoms with Gasteiger partial charge in [-0.05, 0) is 29.8 Å². The lowest BCUT2D eigenvalue weighted by molar-refractivity contribution is 0.588. The van der Waals surface area contributed by atoms with Gasteiger partial charge in [-0.1, -0.05) is 23.7 Å². The summed E-state index contributed by atoms with van der Waals surface area (Å²) in [5, 5.41) is 2.81. The minimum absolute atomic E-state index is 0.108. The first-order valence-corrected chi connectivity index (χ1v) is 5.57. The summed E-state index contributed by atoms with van der Waals surface area (Å²) in [5.41, 5.74) is 0.332. The number of anilines is 1. The minimum Gasteiger partial charge on any atom is -0.376 e. The zero-order valence-corrected chi connectivity index (χ0v) is 9.94. The smallest absolute Gasteiger partial charge is 0.149 e. The lowest BCUT2D eigenvalue weighted by Gasteiger charge is -2.09. The fourth-order valence-electron chi connectivity index (χ4n) is 1.52. The van der Waals surface area contributed by atoms with Crippen molar-refractivity contribution in [2.75, 3.05) is 5.32 Å². The molecule has 0 amide bonds. The summed E-state index contributed by atoms with van der Waals surface area (Å²) in [6.07, 6.45) is 0. The first-order chi connectivity index (χ1) is 8.58. The van der Waals surface area contributed by atoms with Crippen LogP contribution in [0.5, 0.6) is 0 Å². The normalized spacial score (nSPS) is 10.4. The van der Waals surface area contributed by atoms with Crippen LogP contribution in [-0.2, 0) is 6.54 Å². The Kier molecular flexibility index (Phi) is 3.77. The standard InChI is InChI=1S/C13H9ClF3N/c14-10-6-9(15)5-4-8(10)7-18-13-11(16)2-1-3-12(13)17/h1-6,18H,7H2. The van der Waals surface area contributed by atoms with Gasteiger partial charge in [0.05, 0.1) is 0 Å². The molecule has 0 aliphatic heterocycles. The molecule has 0 saturated carbocycles. The third-order valence-electron chi connectivity index (χ3n) is 2.43. The van der Waals surface area contributed by atoms with E-state index in [1.807, 2.05) is 0 Å². The van der Waals surface area contributed by atoms with Gasteiger partial charge in [0.2, 0.25) is 0 Å². The third-order valence-corrected chi connectivity index (χ3v) is 2.79. The molecule has 0 aromatic heterocycles. The van der Waals surface area contributed by atoms with Crippen molar-refractivity contribution in [2.45, 2.75) is 6.54 Å². The van der Waals surface area contributed by atoms with Gasteiger partial charge in [0.25, 0.3) is 0 Å². The first kappa shape index (κ1) is 12.8. The highest BCUT2D eigenvalue weighted by molar-refractivity contribution is 6.31. The zero-order valence-electron chi connectivity index (χ0n) is 9.18. The van der Waals surface area contributed by atoms with Crippen molar-refractivity contribution < 1.29 is 13.2 Å². The van der Waals surface area contributed by atoms with Gasteiger partial charge in [0.15, 0.2) is 0 Å². The Hall–Kier alpha value is -1.68. The Morgan fingerprint density at radius 1 is 1.00 bits per heavy atom. The Labute approximate surface area is 107 Å². The Balaban J connectivity index is 2.16. The van der Waals surface area contributed by atoms with E-state index in [1.54, 1.807) is 0 Å². The van der Waals surface area contributed by atoms with Crippen LogP contribution in [0, 0.1) is 17.5 Å². The number of nitrogens with one attached hydrogen (secondary N) is 1. The topological polar surface area (TPSA) is 12.0 Å². The number of hydrogen-bond acceptors (Lipinski definition) is 1. The second-order valence-corrected chi connectivity index (χ2v) is 4.09. The largest absolute Gasteiger partial charge is 0.376 e. The number of benzene rings is 2. The molecule has 0 saturated heterocycles. The van der Waals surface area contributed by atoms with Gasteiger partial charge in [-0.15, -0.1) is 0 Å². The summed E-state index contributed by atoms with van der Waals surface area (Å²) in [6, 6.07) is 7.43. The predicted molar refractivity (Wildman–Crippen MR) is 65.1 cm³/mol. The van der Waals surface area contributed by atoms with Gasteiger partial charge in [0, 0.05) is 11.6 Å². The monoisotopic (exact) mass is 271 g/mol. The van der Waals surface area contributed by atoms with E-state index < -0.39 is 17.5 Å². The molecule has 2 aromatic carbocycles. The van der Waals surface area contributed by atoms with Gasteiger partial charge < -0.3 is 5.32 Å². The summed E-state index contributed by atoms with van der Waals surface area (Å²) in [7, 11) is 0. The fraction of sp³-hybridized carbons (Fsp3) is 0.0769. The summed E-state index contributed by atoms with van der Waals surface area (Å²) < 4.78 is 39.5. The number of halogens is 4. The molecular formula is C13H9ClF3N. The number of rotatable bonds is 3. The summed E-state index contributed by atoms with van der Waals surface area (Å²) in [6.45, 7) is 0.108. The van der Waals surface area contributed by atoms with Crippen molar-refractivity contribution in [3.63, 3.8) is 0 Å². The van der Waals surface area contributed by atoms with Crippen LogP contribution < -0.4 is 5.32 Å². The van der Waals surface area contributed by atoms with Crippen LogP contribution in [0.3, 0.4) is 0 Å². The molecule has 94 valence electrons. The van der Waals surface area contributed by atoms with Gasteiger partial charge in [-0.2, -0.15) is 0 Å². The van der Waals surface area contributed by atoms with Crippen LogP contribution in [0.15, 0.2) is 36.4 Å². The van der Waals surface area contributed by atoms with Crippen LogP contribution in [0.1, 0.15) is 5.56 Å². The van der Waals surface area contributed by atoms with E-state index in [0.29, 0.717) is 5.56 Å². The second kappa shape index (κ2) is 5.31. The molecule has 2 aromatic rings. The van der Waals surface area contributed by atoms with Crippen LogP contribution in [0.25, 0.3) is 0 Å². The molecular weight excluding hydrogens is 263 g/mol. The average Bonchev–Trinajstić information content (AvgIpc) is 2.31. The molecule has 0 unspecified atom stereocenters. The molecule has 1 N–H and O–H groups in total. The number of hydrogen-bond donors (Lipinski definition) is 1. The molecule has 5 heteroatoms. The van der Waals surface area contributed by atoms with E-state index in [9.17, 15) is 13.2 Å². The minimum atomic E-state index is -0.687. The zero-order chi connectivity index (χ0) is 13.1. The van der Waals surface area contributed by atoms with Gasteiger partial charge in [-0.25, -0.2) is 13.2 Å². The van der Waals surface area contributed by atoms with E-state index in [4.69, 9.17) is 11.6 Å². The first-order valence-electron chi connectivity index (χ1n) is 5.20. The van der Waals surface area contributed by atoms with Gasteiger partial charge in [-0.3, -0.25) is 0 Å². The summed E-state index contributed by atoms with van der Waals surface area (Å²) in [4.78, 5) is 0. The third kappa shape index (κ3) is 2.76. The van der Waals surface area contributed by atoms with E-state index in [2.05, 4.69) is 5.32 Å². The SMILES string of the molecule is Fc1ccc(CNc2c(F)cccc2F)c(Cl)c1. The molecule has 0 radical (unpaired) electrons. The van der Waals surface area contributed by atoms with Crippen molar-refractivity contribution in [1.82, 2.24) is 0 Å². The maximum Gasteiger partial charge on any atom is 0.149 e. The Morgan fingerprint density at radius 2 is 1.67 bits per heavy atom. The summed E-state index contributed by atoms with van der Waals surface area (Å²) in [5.74, 6) is -1.83. The van der Waals surface area contributed by atoms with Crippen molar-refractivity contribution in [1.29, 1.82) is 0 Å². The molecule has 0 aliphatic carbocycles. The van der Waals surface area contributed by atoms with Crippen molar-refractivity contribution in [3.05, 3.63) is 64.4 Å². The average molecular weight is 272 g/mol. The fourth-order valence-corrected chi connectivity index (χ4v) is 1.75. The van der Waals surface area contributed by atoms with E-state index >= 15 is 0 Å². The molecule has 0 aliphatic rings. The molecule has 18 heavy (non-hydrogen) atoms. The van der Waals surface area contributed by atoms with E-state index in [-0.39, 0.29) is 17.3 Å².